The second-order valence-corrected chi connectivity index (χ2v) is 6.29. The van der Waals surface area contributed by atoms with Gasteiger partial charge in [-0.3, -0.25) is 9.59 Å². The summed E-state index contributed by atoms with van der Waals surface area (Å²) in [5.74, 6) is 5.46. The van der Waals surface area contributed by atoms with E-state index in [9.17, 15) is 9.59 Å². The van der Waals surface area contributed by atoms with Crippen LogP contribution >= 0.6 is 11.3 Å². The number of aliphatic hydroxyl groups is 1. The van der Waals surface area contributed by atoms with Crippen LogP contribution in [-0.4, -0.2) is 47.1 Å². The first-order chi connectivity index (χ1) is 9.96. The Kier molecular flexibility index (Phi) is 4.66. The van der Waals surface area contributed by atoms with E-state index in [1.165, 1.54) is 11.3 Å². The van der Waals surface area contributed by atoms with Crippen LogP contribution in [0.5, 0.6) is 0 Å². The van der Waals surface area contributed by atoms with Gasteiger partial charge < -0.3 is 15.3 Å². The summed E-state index contributed by atoms with van der Waals surface area (Å²) in [7, 11) is 0. The summed E-state index contributed by atoms with van der Waals surface area (Å²) in [6.45, 7) is 4.49. The van der Waals surface area contributed by atoms with Crippen LogP contribution in [0.1, 0.15) is 34.8 Å². The third kappa shape index (κ3) is 3.26. The number of hydrogen-bond donors (Lipinski definition) is 2. The molecule has 1 fully saturated rings. The highest BCUT2D eigenvalue weighted by molar-refractivity contribution is 7.14. The Morgan fingerprint density at radius 1 is 1.52 bits per heavy atom. The summed E-state index contributed by atoms with van der Waals surface area (Å²) in [4.78, 5) is 27.4. The first-order valence-electron chi connectivity index (χ1n) is 6.76. The SMILES string of the molecule is CC1(C)C(=O)NCCN1C(=O)c1ccc(C#CCCO)s1. The van der Waals surface area contributed by atoms with Gasteiger partial charge >= 0.3 is 0 Å². The normalized spacial score (nSPS) is 16.9. The summed E-state index contributed by atoms with van der Waals surface area (Å²) in [5, 5.41) is 11.5. The molecule has 1 saturated heterocycles. The van der Waals surface area contributed by atoms with Crippen molar-refractivity contribution >= 4 is 23.2 Å². The molecule has 0 spiro atoms. The van der Waals surface area contributed by atoms with Crippen LogP contribution in [0.4, 0.5) is 0 Å². The van der Waals surface area contributed by atoms with Crippen molar-refractivity contribution in [2.45, 2.75) is 25.8 Å². The van der Waals surface area contributed by atoms with E-state index in [1.54, 1.807) is 30.9 Å². The minimum Gasteiger partial charge on any atom is -0.395 e. The van der Waals surface area contributed by atoms with Gasteiger partial charge in [0, 0.05) is 19.5 Å². The fourth-order valence-electron chi connectivity index (χ4n) is 2.11. The van der Waals surface area contributed by atoms with E-state index in [-0.39, 0.29) is 18.4 Å². The Bertz CT molecular complexity index is 610. The zero-order chi connectivity index (χ0) is 15.5. The summed E-state index contributed by atoms with van der Waals surface area (Å²) in [6.07, 6.45) is 0.417. The maximum atomic E-state index is 12.6. The number of nitrogens with zero attached hydrogens (tertiary/aromatic N) is 1. The molecule has 0 saturated carbocycles. The molecule has 2 N–H and O–H groups in total. The highest BCUT2D eigenvalue weighted by Gasteiger charge is 2.40. The molecule has 2 heterocycles. The minimum absolute atomic E-state index is 0.0290. The molecule has 2 rings (SSSR count). The van der Waals surface area contributed by atoms with Crippen LogP contribution in [0.15, 0.2) is 12.1 Å². The maximum Gasteiger partial charge on any atom is 0.264 e. The van der Waals surface area contributed by atoms with Crippen LogP contribution < -0.4 is 5.32 Å². The number of thiophene rings is 1. The van der Waals surface area contributed by atoms with Crippen molar-refractivity contribution in [2.75, 3.05) is 19.7 Å². The number of nitrogens with one attached hydrogen (secondary N) is 1. The molecule has 21 heavy (non-hydrogen) atoms. The Balaban J connectivity index is 2.17. The first-order valence-corrected chi connectivity index (χ1v) is 7.58. The Labute approximate surface area is 128 Å². The Morgan fingerprint density at radius 2 is 2.29 bits per heavy atom. The number of rotatable bonds is 2. The van der Waals surface area contributed by atoms with Crippen molar-refractivity contribution in [1.82, 2.24) is 10.2 Å². The van der Waals surface area contributed by atoms with E-state index in [2.05, 4.69) is 17.2 Å². The topological polar surface area (TPSA) is 69.6 Å². The Hall–Kier alpha value is -1.84. The van der Waals surface area contributed by atoms with Crippen molar-refractivity contribution in [3.8, 4) is 11.8 Å². The highest BCUT2D eigenvalue weighted by Crippen LogP contribution is 2.24. The van der Waals surface area contributed by atoms with Gasteiger partial charge in [-0.2, -0.15) is 0 Å². The van der Waals surface area contributed by atoms with Crippen molar-refractivity contribution in [3.05, 3.63) is 21.9 Å². The molecule has 1 aliphatic rings. The quantitative estimate of drug-likeness (QED) is 0.795. The van der Waals surface area contributed by atoms with Crippen molar-refractivity contribution in [1.29, 1.82) is 0 Å². The third-order valence-corrected chi connectivity index (χ3v) is 4.35. The second-order valence-electron chi connectivity index (χ2n) is 5.21. The lowest BCUT2D eigenvalue weighted by Crippen LogP contribution is -2.63. The number of hydrogen-bond acceptors (Lipinski definition) is 4. The smallest absolute Gasteiger partial charge is 0.264 e. The second kappa shape index (κ2) is 6.29. The van der Waals surface area contributed by atoms with Gasteiger partial charge in [0.15, 0.2) is 0 Å². The van der Waals surface area contributed by atoms with Crippen LogP contribution in [0, 0.1) is 11.8 Å². The van der Waals surface area contributed by atoms with Crippen LogP contribution in [0.25, 0.3) is 0 Å². The minimum atomic E-state index is -0.845. The molecule has 1 aliphatic heterocycles. The van der Waals surface area contributed by atoms with Crippen LogP contribution in [-0.2, 0) is 4.79 Å². The van der Waals surface area contributed by atoms with Gasteiger partial charge in [0.05, 0.1) is 16.4 Å². The summed E-state index contributed by atoms with van der Waals surface area (Å²) >= 11 is 1.31. The molecule has 0 atom stereocenters. The molecule has 112 valence electrons. The molecule has 0 radical (unpaired) electrons. The molecule has 2 amide bonds. The zero-order valence-electron chi connectivity index (χ0n) is 12.1. The predicted octanol–water partition coefficient (Wildman–Crippen LogP) is 0.833. The number of carbonyl (C=O) groups excluding carboxylic acids is 2. The van der Waals surface area contributed by atoms with Gasteiger partial charge in [-0.25, -0.2) is 0 Å². The molecule has 0 aromatic carbocycles. The van der Waals surface area contributed by atoms with Gasteiger partial charge in [-0.1, -0.05) is 11.8 Å². The van der Waals surface area contributed by atoms with Gasteiger partial charge in [0.2, 0.25) is 5.91 Å². The molecule has 1 aromatic rings. The molecule has 0 aliphatic carbocycles. The predicted molar refractivity (Wildman–Crippen MR) is 81.0 cm³/mol. The molecule has 0 unspecified atom stereocenters. The highest BCUT2D eigenvalue weighted by atomic mass is 32.1. The van der Waals surface area contributed by atoms with Crippen LogP contribution in [0.2, 0.25) is 0 Å². The van der Waals surface area contributed by atoms with Gasteiger partial charge in [-0.05, 0) is 26.0 Å². The molecule has 5 nitrogen and oxygen atoms in total. The number of carbonyl (C=O) groups is 2. The first kappa shape index (κ1) is 15.5. The monoisotopic (exact) mass is 306 g/mol. The fraction of sp³-hybridized carbons (Fsp3) is 0.467. The van der Waals surface area contributed by atoms with E-state index in [0.29, 0.717) is 24.4 Å². The average molecular weight is 306 g/mol. The lowest BCUT2D eigenvalue weighted by Gasteiger charge is -2.40. The van der Waals surface area contributed by atoms with E-state index in [1.807, 2.05) is 0 Å². The molecular formula is C15H18N2O3S. The molecule has 6 heteroatoms. The third-order valence-electron chi connectivity index (χ3n) is 3.36. The molecule has 1 aromatic heterocycles. The summed E-state index contributed by atoms with van der Waals surface area (Å²) < 4.78 is 0. The van der Waals surface area contributed by atoms with Gasteiger partial charge in [0.25, 0.3) is 5.91 Å². The largest absolute Gasteiger partial charge is 0.395 e. The lowest BCUT2D eigenvalue weighted by atomic mass is 9.98. The zero-order valence-corrected chi connectivity index (χ0v) is 12.9. The fourth-order valence-corrected chi connectivity index (χ4v) is 2.94. The van der Waals surface area contributed by atoms with E-state index >= 15 is 0 Å². The van der Waals surface area contributed by atoms with E-state index in [0.717, 1.165) is 4.88 Å². The standard InChI is InChI=1S/C15H18N2O3S/c1-15(2)14(20)16-8-9-17(15)13(19)12-7-6-11(21-12)5-3-4-10-18/h6-7,18H,4,8-10H2,1-2H3,(H,16,20). The van der Waals surface area contributed by atoms with Crippen molar-refractivity contribution < 1.29 is 14.7 Å². The number of aliphatic hydroxyl groups excluding tert-OH is 1. The van der Waals surface area contributed by atoms with Gasteiger partial charge in [0.1, 0.15) is 5.54 Å². The number of amides is 2. The maximum absolute atomic E-state index is 12.6. The van der Waals surface area contributed by atoms with Crippen molar-refractivity contribution in [3.63, 3.8) is 0 Å². The van der Waals surface area contributed by atoms with Crippen LogP contribution in [0.3, 0.4) is 0 Å². The molecular weight excluding hydrogens is 288 g/mol. The van der Waals surface area contributed by atoms with Gasteiger partial charge in [-0.15, -0.1) is 11.3 Å². The number of piperazine rings is 1. The summed E-state index contributed by atoms with van der Waals surface area (Å²) in [5.41, 5.74) is -0.845. The Morgan fingerprint density at radius 3 is 3.00 bits per heavy atom. The van der Waals surface area contributed by atoms with E-state index < -0.39 is 5.54 Å². The average Bonchev–Trinajstić information content (AvgIpc) is 2.90. The molecule has 0 bridgehead atoms. The van der Waals surface area contributed by atoms with E-state index in [4.69, 9.17) is 5.11 Å². The summed E-state index contributed by atoms with van der Waals surface area (Å²) in [6, 6.07) is 3.53. The van der Waals surface area contributed by atoms with Crippen molar-refractivity contribution in [2.24, 2.45) is 0 Å². The lowest BCUT2D eigenvalue weighted by molar-refractivity contribution is -0.133.